The minimum absolute atomic E-state index is 0.148. The normalized spacial score (nSPS) is 16.5. The molecule has 2 heterocycles. The van der Waals surface area contributed by atoms with Gasteiger partial charge in [0.1, 0.15) is 12.3 Å². The molecular weight excluding hydrogens is 328 g/mol. The fraction of sp³-hybridized carbons (Fsp3) is 0.150. The first-order valence-corrected chi connectivity index (χ1v) is 8.41. The molecule has 1 unspecified atom stereocenters. The van der Waals surface area contributed by atoms with Gasteiger partial charge in [-0.15, -0.1) is 0 Å². The fourth-order valence-corrected chi connectivity index (χ4v) is 3.17. The van der Waals surface area contributed by atoms with E-state index in [0.717, 1.165) is 11.3 Å². The molecule has 1 amide bonds. The van der Waals surface area contributed by atoms with E-state index in [9.17, 15) is 9.90 Å². The molecule has 3 aromatic rings. The number of benzene rings is 2. The lowest BCUT2D eigenvalue weighted by Crippen LogP contribution is -2.30. The quantitative estimate of drug-likeness (QED) is 0.789. The predicted octanol–water partition coefficient (Wildman–Crippen LogP) is 2.97. The maximum Gasteiger partial charge on any atom is 0.263 e. The summed E-state index contributed by atoms with van der Waals surface area (Å²) in [5, 5.41) is 16.4. The molecule has 4 rings (SSSR count). The highest BCUT2D eigenvalue weighted by molar-refractivity contribution is 6.03. The molecule has 6 nitrogen and oxygen atoms in total. The number of aromatic hydroxyl groups is 1. The highest BCUT2D eigenvalue weighted by atomic mass is 16.3. The SMILES string of the molecule is O=C(Cn1ccnc1)N1N=C(c2ccccc2)CC1c1ccccc1O. The number of carbonyl (C=O) groups is 1. The summed E-state index contributed by atoms with van der Waals surface area (Å²) in [6.45, 7) is 0.148. The van der Waals surface area contributed by atoms with Crippen LogP contribution < -0.4 is 0 Å². The van der Waals surface area contributed by atoms with Crippen LogP contribution in [0.3, 0.4) is 0 Å². The lowest BCUT2D eigenvalue weighted by atomic mass is 9.98. The number of carbonyl (C=O) groups excluding carboxylic acids is 1. The zero-order valence-corrected chi connectivity index (χ0v) is 14.1. The van der Waals surface area contributed by atoms with E-state index in [0.29, 0.717) is 12.0 Å². The largest absolute Gasteiger partial charge is 0.508 e. The van der Waals surface area contributed by atoms with Gasteiger partial charge in [0.2, 0.25) is 0 Å². The van der Waals surface area contributed by atoms with Crippen LogP contribution in [0.4, 0.5) is 0 Å². The zero-order valence-electron chi connectivity index (χ0n) is 14.1. The first kappa shape index (κ1) is 16.1. The van der Waals surface area contributed by atoms with E-state index in [1.165, 1.54) is 5.01 Å². The van der Waals surface area contributed by atoms with Gasteiger partial charge in [-0.05, 0) is 11.6 Å². The molecule has 130 valence electrons. The molecule has 0 bridgehead atoms. The smallest absolute Gasteiger partial charge is 0.263 e. The molecule has 26 heavy (non-hydrogen) atoms. The third-order valence-corrected chi connectivity index (χ3v) is 4.45. The fourth-order valence-electron chi connectivity index (χ4n) is 3.17. The maximum absolute atomic E-state index is 12.9. The van der Waals surface area contributed by atoms with Gasteiger partial charge in [-0.1, -0.05) is 48.5 Å². The topological polar surface area (TPSA) is 70.7 Å². The number of phenols is 1. The summed E-state index contributed by atoms with van der Waals surface area (Å²) in [7, 11) is 0. The van der Waals surface area contributed by atoms with E-state index >= 15 is 0 Å². The van der Waals surface area contributed by atoms with Crippen molar-refractivity contribution >= 4 is 11.6 Å². The lowest BCUT2D eigenvalue weighted by molar-refractivity contribution is -0.133. The second kappa shape index (κ2) is 6.84. The van der Waals surface area contributed by atoms with Gasteiger partial charge in [-0.3, -0.25) is 4.79 Å². The number of hydrazone groups is 1. The third kappa shape index (κ3) is 3.09. The minimum Gasteiger partial charge on any atom is -0.508 e. The van der Waals surface area contributed by atoms with Gasteiger partial charge in [0.25, 0.3) is 5.91 Å². The molecule has 1 aromatic heterocycles. The number of imidazole rings is 1. The van der Waals surface area contributed by atoms with E-state index in [-0.39, 0.29) is 24.2 Å². The average Bonchev–Trinajstić information content (AvgIpc) is 3.32. The number of aromatic nitrogens is 2. The van der Waals surface area contributed by atoms with Crippen molar-refractivity contribution in [2.75, 3.05) is 0 Å². The molecule has 0 aliphatic carbocycles. The van der Waals surface area contributed by atoms with Gasteiger partial charge in [0.15, 0.2) is 0 Å². The molecule has 1 N–H and O–H groups in total. The molecule has 0 saturated carbocycles. The van der Waals surface area contributed by atoms with E-state index in [2.05, 4.69) is 10.1 Å². The highest BCUT2D eigenvalue weighted by Crippen LogP contribution is 2.36. The Kier molecular flexibility index (Phi) is 4.23. The summed E-state index contributed by atoms with van der Waals surface area (Å²) < 4.78 is 1.71. The van der Waals surface area contributed by atoms with Crippen LogP contribution in [-0.4, -0.2) is 31.3 Å². The van der Waals surface area contributed by atoms with Gasteiger partial charge in [-0.2, -0.15) is 5.10 Å². The number of hydrogen-bond donors (Lipinski definition) is 1. The molecule has 1 atom stereocenters. The van der Waals surface area contributed by atoms with Gasteiger partial charge in [0.05, 0.1) is 18.1 Å². The molecule has 0 fully saturated rings. The van der Waals surface area contributed by atoms with Crippen molar-refractivity contribution in [3.05, 3.63) is 84.4 Å². The van der Waals surface area contributed by atoms with Crippen molar-refractivity contribution in [1.29, 1.82) is 0 Å². The summed E-state index contributed by atoms with van der Waals surface area (Å²) in [5.41, 5.74) is 2.50. The Labute approximate surface area is 151 Å². The van der Waals surface area contributed by atoms with Crippen molar-refractivity contribution in [1.82, 2.24) is 14.6 Å². The predicted molar refractivity (Wildman–Crippen MR) is 97.5 cm³/mol. The molecule has 2 aromatic carbocycles. The van der Waals surface area contributed by atoms with Crippen molar-refractivity contribution in [3.8, 4) is 5.75 Å². The Morgan fingerprint density at radius 1 is 1.12 bits per heavy atom. The van der Waals surface area contributed by atoms with Crippen LogP contribution in [0.5, 0.6) is 5.75 Å². The van der Waals surface area contributed by atoms with Gasteiger partial charge in [-0.25, -0.2) is 9.99 Å². The monoisotopic (exact) mass is 346 g/mol. The second-order valence-corrected chi connectivity index (χ2v) is 6.16. The minimum atomic E-state index is -0.331. The van der Waals surface area contributed by atoms with E-state index < -0.39 is 0 Å². The van der Waals surface area contributed by atoms with Gasteiger partial charge in [0, 0.05) is 24.4 Å². The van der Waals surface area contributed by atoms with E-state index in [4.69, 9.17) is 0 Å². The standard InChI is InChI=1S/C20H18N4O2/c25-19-9-5-4-8-16(19)18-12-17(15-6-2-1-3-7-15)22-24(18)20(26)13-23-11-10-21-14-23/h1-11,14,18,25H,12-13H2. The Hall–Kier alpha value is -3.41. The van der Waals surface area contributed by atoms with Crippen LogP contribution in [0, 0.1) is 0 Å². The van der Waals surface area contributed by atoms with Gasteiger partial charge < -0.3 is 9.67 Å². The molecule has 0 saturated heterocycles. The molecule has 0 radical (unpaired) electrons. The average molecular weight is 346 g/mol. The summed E-state index contributed by atoms with van der Waals surface area (Å²) in [4.78, 5) is 16.8. The Balaban J connectivity index is 1.68. The first-order valence-electron chi connectivity index (χ1n) is 8.41. The maximum atomic E-state index is 12.9. The zero-order chi connectivity index (χ0) is 17.9. The number of hydrogen-bond acceptors (Lipinski definition) is 4. The van der Waals surface area contributed by atoms with Crippen LogP contribution in [0.25, 0.3) is 0 Å². The van der Waals surface area contributed by atoms with Crippen LogP contribution in [0.1, 0.15) is 23.6 Å². The Morgan fingerprint density at radius 2 is 1.88 bits per heavy atom. The molecule has 1 aliphatic rings. The summed E-state index contributed by atoms with van der Waals surface area (Å²) in [6, 6.07) is 16.6. The van der Waals surface area contributed by atoms with Crippen LogP contribution in [-0.2, 0) is 11.3 Å². The lowest BCUT2D eigenvalue weighted by Gasteiger charge is -2.22. The molecule has 6 heteroatoms. The Morgan fingerprint density at radius 3 is 2.62 bits per heavy atom. The van der Waals surface area contributed by atoms with Crippen LogP contribution in [0.15, 0.2) is 78.4 Å². The van der Waals surface area contributed by atoms with Gasteiger partial charge >= 0.3 is 0 Å². The number of nitrogens with zero attached hydrogens (tertiary/aromatic N) is 4. The van der Waals surface area contributed by atoms with Crippen LogP contribution in [0.2, 0.25) is 0 Å². The van der Waals surface area contributed by atoms with Crippen LogP contribution >= 0.6 is 0 Å². The van der Waals surface area contributed by atoms with Crippen molar-refractivity contribution < 1.29 is 9.90 Å². The van der Waals surface area contributed by atoms with Crippen molar-refractivity contribution in [3.63, 3.8) is 0 Å². The van der Waals surface area contributed by atoms with Crippen molar-refractivity contribution in [2.24, 2.45) is 5.10 Å². The van der Waals surface area contributed by atoms with E-state index in [1.54, 1.807) is 35.4 Å². The summed E-state index contributed by atoms with van der Waals surface area (Å²) in [6.07, 6.45) is 5.53. The number of amides is 1. The first-order chi connectivity index (χ1) is 12.7. The number of phenolic OH excluding ortho intramolecular Hbond substituents is 1. The molecule has 0 spiro atoms. The number of para-hydroxylation sites is 1. The molecule has 1 aliphatic heterocycles. The summed E-state index contributed by atoms with van der Waals surface area (Å²) in [5.74, 6) is 0.0182. The van der Waals surface area contributed by atoms with Crippen molar-refractivity contribution in [2.45, 2.75) is 19.0 Å². The molecular formula is C20H18N4O2. The number of rotatable bonds is 4. The third-order valence-electron chi connectivity index (χ3n) is 4.45. The summed E-state index contributed by atoms with van der Waals surface area (Å²) >= 11 is 0. The van der Waals surface area contributed by atoms with E-state index in [1.807, 2.05) is 42.5 Å². The highest BCUT2D eigenvalue weighted by Gasteiger charge is 2.34. The Bertz CT molecular complexity index is 935. The second-order valence-electron chi connectivity index (χ2n) is 6.16.